The third-order valence-electron chi connectivity index (χ3n) is 7.47. The van der Waals surface area contributed by atoms with Crippen molar-refractivity contribution in [1.82, 2.24) is 10.4 Å². The summed E-state index contributed by atoms with van der Waals surface area (Å²) in [5, 5.41) is 8.47. The van der Waals surface area contributed by atoms with Crippen molar-refractivity contribution in [3.63, 3.8) is 0 Å². The van der Waals surface area contributed by atoms with Crippen LogP contribution >= 0.6 is 0 Å². The predicted octanol–water partition coefficient (Wildman–Crippen LogP) is 4.31. The number of rotatable bonds is 13. The molecule has 0 saturated carbocycles. The smallest absolute Gasteiger partial charge is 0.243 e. The Kier molecular flexibility index (Phi) is 10.4. The molecule has 1 aliphatic heterocycles. The summed E-state index contributed by atoms with van der Waals surface area (Å²) in [6.45, 7) is 1.57. The fourth-order valence-electron chi connectivity index (χ4n) is 5.39. The van der Waals surface area contributed by atoms with Crippen LogP contribution in [-0.4, -0.2) is 55.0 Å². The molecular weight excluding hydrogens is 448 g/mol. The molecule has 1 unspecified atom stereocenters. The van der Waals surface area contributed by atoms with E-state index in [0.717, 1.165) is 88.4 Å². The Morgan fingerprint density at radius 3 is 2.20 bits per heavy atom. The summed E-state index contributed by atoms with van der Waals surface area (Å²) < 4.78 is 10.8. The molecule has 3 rings (SSSR count). The number of hydroxylamine groups is 1. The number of piperidine rings is 1. The normalized spacial score (nSPS) is 17.9. The van der Waals surface area contributed by atoms with Crippen LogP contribution < -0.4 is 15.0 Å². The number of fused-ring (bicyclic) bond motifs is 1. The summed E-state index contributed by atoms with van der Waals surface area (Å²) in [6.07, 6.45) is 10.3. The molecule has 35 heavy (non-hydrogen) atoms. The van der Waals surface area contributed by atoms with Gasteiger partial charge in [-0.2, -0.15) is 0 Å². The number of ether oxygens (including phenoxy) is 2. The highest BCUT2D eigenvalue weighted by Crippen LogP contribution is 2.39. The Morgan fingerprint density at radius 1 is 0.971 bits per heavy atom. The summed E-state index contributed by atoms with van der Waals surface area (Å²) in [4.78, 5) is 38.5. The van der Waals surface area contributed by atoms with Gasteiger partial charge in [0.1, 0.15) is 0 Å². The summed E-state index contributed by atoms with van der Waals surface area (Å²) in [5.74, 6) is 1.85. The van der Waals surface area contributed by atoms with E-state index < -0.39 is 0 Å². The van der Waals surface area contributed by atoms with E-state index >= 15 is 0 Å². The quantitative estimate of drug-likeness (QED) is 0.243. The molecule has 0 bridgehead atoms. The average molecular weight is 489 g/mol. The van der Waals surface area contributed by atoms with Crippen LogP contribution in [0.3, 0.4) is 0 Å². The highest BCUT2D eigenvalue weighted by Gasteiger charge is 2.34. The first kappa shape index (κ1) is 27.0. The Bertz CT molecular complexity index is 879. The zero-order valence-electron chi connectivity index (χ0n) is 21.1. The molecule has 1 atom stereocenters. The van der Waals surface area contributed by atoms with Crippen LogP contribution in [0, 0.1) is 11.8 Å². The number of carbonyl (C=O) groups excluding carboxylic acids is 3. The number of nitrogens with zero attached hydrogens (tertiary/aromatic N) is 1. The number of amides is 2. The summed E-state index contributed by atoms with van der Waals surface area (Å²) in [7, 11) is 3.19. The Morgan fingerprint density at radius 2 is 1.57 bits per heavy atom. The maximum Gasteiger partial charge on any atom is 0.243 e. The van der Waals surface area contributed by atoms with E-state index in [1.165, 1.54) is 0 Å². The van der Waals surface area contributed by atoms with Crippen molar-refractivity contribution in [3.05, 3.63) is 23.3 Å². The number of ketones is 1. The summed E-state index contributed by atoms with van der Waals surface area (Å²) in [5.41, 5.74) is 3.45. The lowest BCUT2D eigenvalue weighted by molar-refractivity contribution is -0.132. The number of Topliss-reactive ketones (excluding diaryl/α,β-unsaturated/α-hetero) is 1. The van der Waals surface area contributed by atoms with Crippen LogP contribution in [0.1, 0.15) is 86.6 Å². The van der Waals surface area contributed by atoms with E-state index in [0.29, 0.717) is 30.3 Å². The maximum absolute atomic E-state index is 13.0. The Balaban J connectivity index is 1.32. The number of nitrogens with one attached hydrogen (secondary N) is 1. The Hall–Kier alpha value is -2.61. The number of hydrogen-bond acceptors (Lipinski definition) is 6. The van der Waals surface area contributed by atoms with Gasteiger partial charge in [-0.15, -0.1) is 0 Å². The van der Waals surface area contributed by atoms with Crippen molar-refractivity contribution in [2.45, 2.75) is 77.0 Å². The molecule has 0 radical (unpaired) electrons. The van der Waals surface area contributed by atoms with E-state index in [1.807, 2.05) is 17.0 Å². The second-order valence-electron chi connectivity index (χ2n) is 9.85. The molecule has 2 N–H and O–H groups in total. The van der Waals surface area contributed by atoms with E-state index in [-0.39, 0.29) is 23.5 Å². The highest BCUT2D eigenvalue weighted by molar-refractivity contribution is 6.02. The SMILES string of the molecule is COc1cc2c(cc1OC)C(=O)C(CC1CCN(C(=O)CCCCCCCCC(=O)NO)CC1)C2. The number of hydrogen-bond donors (Lipinski definition) is 2. The molecule has 1 fully saturated rings. The van der Waals surface area contributed by atoms with Gasteiger partial charge in [0.05, 0.1) is 14.2 Å². The van der Waals surface area contributed by atoms with E-state index in [9.17, 15) is 14.4 Å². The van der Waals surface area contributed by atoms with Crippen molar-refractivity contribution in [2.24, 2.45) is 11.8 Å². The van der Waals surface area contributed by atoms with Crippen molar-refractivity contribution in [1.29, 1.82) is 0 Å². The van der Waals surface area contributed by atoms with Crippen molar-refractivity contribution in [3.8, 4) is 11.5 Å². The van der Waals surface area contributed by atoms with Gasteiger partial charge in [0.15, 0.2) is 17.3 Å². The first-order chi connectivity index (χ1) is 17.0. The summed E-state index contributed by atoms with van der Waals surface area (Å²) in [6, 6.07) is 3.75. The predicted molar refractivity (Wildman–Crippen MR) is 132 cm³/mol. The lowest BCUT2D eigenvalue weighted by atomic mass is 9.85. The third kappa shape index (κ3) is 7.43. The largest absolute Gasteiger partial charge is 0.493 e. The topological polar surface area (TPSA) is 105 Å². The van der Waals surface area contributed by atoms with Crippen LogP contribution in [0.25, 0.3) is 0 Å². The molecule has 2 aliphatic rings. The van der Waals surface area contributed by atoms with Gasteiger partial charge in [-0.3, -0.25) is 19.6 Å². The van der Waals surface area contributed by atoms with Crippen molar-refractivity contribution in [2.75, 3.05) is 27.3 Å². The highest BCUT2D eigenvalue weighted by atomic mass is 16.5. The lowest BCUT2D eigenvalue weighted by Crippen LogP contribution is -2.39. The molecule has 0 spiro atoms. The molecule has 1 heterocycles. The van der Waals surface area contributed by atoms with Gasteiger partial charge < -0.3 is 14.4 Å². The standard InChI is InChI=1S/C27H40N2O6/c1-34-23-17-20-16-21(27(32)22(20)18-24(23)35-2)15-19-11-13-29(14-12-19)26(31)10-8-6-4-3-5-7-9-25(30)28-33/h17-19,21,33H,3-16H2,1-2H3,(H,28,30). The number of methoxy groups -OCH3 is 2. The number of unbranched alkanes of at least 4 members (excludes halogenated alkanes) is 5. The van der Waals surface area contributed by atoms with Crippen LogP contribution in [0.4, 0.5) is 0 Å². The molecule has 1 aromatic rings. The zero-order chi connectivity index (χ0) is 25.2. The summed E-state index contributed by atoms with van der Waals surface area (Å²) >= 11 is 0. The lowest BCUT2D eigenvalue weighted by Gasteiger charge is -2.33. The molecule has 0 aromatic heterocycles. The van der Waals surface area contributed by atoms with Gasteiger partial charge in [-0.25, -0.2) is 5.48 Å². The first-order valence-corrected chi connectivity index (χ1v) is 13.0. The van der Waals surface area contributed by atoms with E-state index in [1.54, 1.807) is 19.7 Å². The molecule has 2 amide bonds. The number of carbonyl (C=O) groups is 3. The Labute approximate surface area is 208 Å². The fraction of sp³-hybridized carbons (Fsp3) is 0.667. The van der Waals surface area contributed by atoms with E-state index in [4.69, 9.17) is 14.7 Å². The minimum atomic E-state index is -0.333. The molecule has 8 heteroatoms. The monoisotopic (exact) mass is 488 g/mol. The van der Waals surface area contributed by atoms with Gasteiger partial charge >= 0.3 is 0 Å². The van der Waals surface area contributed by atoms with Crippen LogP contribution in [0.15, 0.2) is 12.1 Å². The van der Waals surface area contributed by atoms with Crippen LogP contribution in [0.5, 0.6) is 11.5 Å². The van der Waals surface area contributed by atoms with Gasteiger partial charge in [0, 0.05) is 37.4 Å². The molecule has 1 aromatic carbocycles. The minimum Gasteiger partial charge on any atom is -0.493 e. The molecule has 8 nitrogen and oxygen atoms in total. The van der Waals surface area contributed by atoms with E-state index in [2.05, 4.69) is 0 Å². The van der Waals surface area contributed by atoms with Gasteiger partial charge in [-0.05, 0) is 62.1 Å². The third-order valence-corrected chi connectivity index (χ3v) is 7.47. The van der Waals surface area contributed by atoms with Gasteiger partial charge in [0.2, 0.25) is 11.8 Å². The van der Waals surface area contributed by atoms with Crippen molar-refractivity contribution < 1.29 is 29.1 Å². The number of benzene rings is 1. The molecule has 1 aliphatic carbocycles. The van der Waals surface area contributed by atoms with Crippen molar-refractivity contribution >= 4 is 17.6 Å². The first-order valence-electron chi connectivity index (χ1n) is 13.0. The van der Waals surface area contributed by atoms with Gasteiger partial charge in [0.25, 0.3) is 0 Å². The maximum atomic E-state index is 13.0. The second-order valence-corrected chi connectivity index (χ2v) is 9.85. The zero-order valence-corrected chi connectivity index (χ0v) is 21.1. The number of likely N-dealkylation sites (tertiary alicyclic amines) is 1. The molecule has 1 saturated heterocycles. The molecular formula is C27H40N2O6. The van der Waals surface area contributed by atoms with Crippen LogP contribution in [-0.2, 0) is 16.0 Å². The minimum absolute atomic E-state index is 0.00656. The average Bonchev–Trinajstić information content (AvgIpc) is 3.18. The van der Waals surface area contributed by atoms with Gasteiger partial charge in [-0.1, -0.05) is 25.7 Å². The van der Waals surface area contributed by atoms with Crippen LogP contribution in [0.2, 0.25) is 0 Å². The molecule has 194 valence electrons. The second kappa shape index (κ2) is 13.5. The fourth-order valence-corrected chi connectivity index (χ4v) is 5.39.